The van der Waals surface area contributed by atoms with Crippen LogP contribution in [-0.4, -0.2) is 15.2 Å². The number of nitrogens with zero attached hydrogens (tertiary/aromatic N) is 3. The summed E-state index contributed by atoms with van der Waals surface area (Å²) in [6.45, 7) is 6.58. The summed E-state index contributed by atoms with van der Waals surface area (Å²) in [6, 6.07) is 21.7. The maximum Gasteiger partial charge on any atom is 0.248 e. The molecule has 2 heterocycles. The van der Waals surface area contributed by atoms with Gasteiger partial charge in [-0.25, -0.2) is 4.98 Å². The second-order valence-electron chi connectivity index (χ2n) is 7.78. The van der Waals surface area contributed by atoms with Crippen molar-refractivity contribution < 1.29 is 4.42 Å². The average molecular weight is 379 g/mol. The third kappa shape index (κ3) is 4.41. The van der Waals surface area contributed by atoms with Crippen LogP contribution in [0.2, 0.25) is 0 Å². The van der Waals surface area contributed by atoms with Crippen LogP contribution in [0.1, 0.15) is 37.6 Å². The number of aromatic nitrogens is 3. The largest absolute Gasteiger partial charge is 0.416 e. The van der Waals surface area contributed by atoms with E-state index in [1.54, 1.807) is 6.20 Å². The lowest BCUT2D eigenvalue weighted by molar-refractivity contribution is 0.582. The van der Waals surface area contributed by atoms with Crippen molar-refractivity contribution in [2.24, 2.45) is 0 Å². The minimum Gasteiger partial charge on any atom is -0.416 e. The minimum atomic E-state index is 0.111. The van der Waals surface area contributed by atoms with Crippen LogP contribution in [0.4, 0.5) is 0 Å². The molecule has 0 bridgehead atoms. The lowest BCUT2D eigenvalue weighted by atomic mass is 9.87. The third-order valence-corrected chi connectivity index (χ3v) is 4.55. The van der Waals surface area contributed by atoms with E-state index in [2.05, 4.69) is 59.9 Å². The molecule has 0 aliphatic heterocycles. The van der Waals surface area contributed by atoms with Gasteiger partial charge >= 0.3 is 0 Å². The fraction of sp³-hybridized carbons (Fsp3) is 0.160. The summed E-state index contributed by atoms with van der Waals surface area (Å²) < 4.78 is 5.88. The third-order valence-electron chi connectivity index (χ3n) is 4.55. The van der Waals surface area contributed by atoms with Crippen molar-refractivity contribution in [2.45, 2.75) is 26.2 Å². The molecule has 0 aliphatic rings. The number of rotatable bonds is 2. The van der Waals surface area contributed by atoms with Crippen LogP contribution in [0.15, 0.2) is 77.3 Å². The Hall–Kier alpha value is -3.71. The van der Waals surface area contributed by atoms with Crippen molar-refractivity contribution in [1.29, 1.82) is 0 Å². The molecule has 0 saturated heterocycles. The molecular formula is C25H21N3O. The SMILES string of the molecule is CC(C)(C)c1ccc(-c2nnc(-c3ccc(C#Cc4ccccn4)cc3)o2)cc1. The number of pyridine rings is 1. The standard InChI is InChI=1S/C25H21N3O/c1-25(2,3)21-14-12-20(13-15-21)24-28-27-23(29-24)19-10-7-18(8-11-19)9-16-22-6-4-5-17-26-22/h4-8,10-15,17H,1-3H3. The molecule has 4 aromatic rings. The van der Waals surface area contributed by atoms with Crippen LogP contribution in [0.3, 0.4) is 0 Å². The highest BCUT2D eigenvalue weighted by Crippen LogP contribution is 2.27. The molecule has 0 aliphatic carbocycles. The summed E-state index contributed by atoms with van der Waals surface area (Å²) in [5, 5.41) is 8.39. The van der Waals surface area contributed by atoms with Gasteiger partial charge in [0.2, 0.25) is 11.8 Å². The fourth-order valence-electron chi connectivity index (χ4n) is 2.84. The zero-order valence-electron chi connectivity index (χ0n) is 16.7. The van der Waals surface area contributed by atoms with E-state index in [1.165, 1.54) is 5.56 Å². The van der Waals surface area contributed by atoms with Gasteiger partial charge in [0, 0.05) is 22.9 Å². The van der Waals surface area contributed by atoms with Crippen LogP contribution >= 0.6 is 0 Å². The number of hydrogen-bond acceptors (Lipinski definition) is 4. The molecule has 0 spiro atoms. The Morgan fingerprint density at radius 3 is 1.90 bits per heavy atom. The van der Waals surface area contributed by atoms with E-state index < -0.39 is 0 Å². The molecule has 4 nitrogen and oxygen atoms in total. The Balaban J connectivity index is 1.52. The molecule has 0 saturated carbocycles. The molecule has 4 rings (SSSR count). The first-order valence-electron chi connectivity index (χ1n) is 9.47. The van der Waals surface area contributed by atoms with Crippen LogP contribution in [0.25, 0.3) is 22.9 Å². The first kappa shape index (κ1) is 18.6. The van der Waals surface area contributed by atoms with Crippen molar-refractivity contribution in [2.75, 3.05) is 0 Å². The van der Waals surface area contributed by atoms with Gasteiger partial charge in [-0.05, 0) is 65.4 Å². The molecule has 0 amide bonds. The Kier molecular flexibility index (Phi) is 4.97. The Morgan fingerprint density at radius 1 is 0.724 bits per heavy atom. The van der Waals surface area contributed by atoms with E-state index in [-0.39, 0.29) is 5.41 Å². The number of hydrogen-bond donors (Lipinski definition) is 0. The van der Waals surface area contributed by atoms with Crippen molar-refractivity contribution in [3.63, 3.8) is 0 Å². The van der Waals surface area contributed by atoms with Crippen LogP contribution in [0.5, 0.6) is 0 Å². The zero-order valence-corrected chi connectivity index (χ0v) is 16.7. The van der Waals surface area contributed by atoms with Gasteiger partial charge in [0.1, 0.15) is 5.69 Å². The number of benzene rings is 2. The molecule has 2 aromatic carbocycles. The molecular weight excluding hydrogens is 358 g/mol. The van der Waals surface area contributed by atoms with Gasteiger partial charge in [0.05, 0.1) is 0 Å². The van der Waals surface area contributed by atoms with Crippen molar-refractivity contribution >= 4 is 0 Å². The minimum absolute atomic E-state index is 0.111. The molecule has 0 fully saturated rings. The smallest absolute Gasteiger partial charge is 0.248 e. The first-order valence-corrected chi connectivity index (χ1v) is 9.47. The topological polar surface area (TPSA) is 51.8 Å². The fourth-order valence-corrected chi connectivity index (χ4v) is 2.84. The predicted molar refractivity (Wildman–Crippen MR) is 114 cm³/mol. The second kappa shape index (κ2) is 7.73. The second-order valence-corrected chi connectivity index (χ2v) is 7.78. The predicted octanol–water partition coefficient (Wildman–Crippen LogP) is 5.50. The summed E-state index contributed by atoms with van der Waals surface area (Å²) in [4.78, 5) is 4.20. The van der Waals surface area contributed by atoms with E-state index in [4.69, 9.17) is 4.42 Å². The van der Waals surface area contributed by atoms with Gasteiger partial charge in [0.15, 0.2) is 0 Å². The highest BCUT2D eigenvalue weighted by atomic mass is 16.4. The van der Waals surface area contributed by atoms with Crippen molar-refractivity contribution in [3.05, 3.63) is 89.7 Å². The van der Waals surface area contributed by atoms with Gasteiger partial charge in [-0.1, -0.05) is 44.9 Å². The molecule has 0 N–H and O–H groups in total. The lowest BCUT2D eigenvalue weighted by Crippen LogP contribution is -2.10. The van der Waals surface area contributed by atoms with E-state index >= 15 is 0 Å². The molecule has 2 aromatic heterocycles. The van der Waals surface area contributed by atoms with E-state index in [1.807, 2.05) is 54.6 Å². The van der Waals surface area contributed by atoms with Crippen molar-refractivity contribution in [1.82, 2.24) is 15.2 Å². The van der Waals surface area contributed by atoms with Crippen LogP contribution < -0.4 is 0 Å². The van der Waals surface area contributed by atoms with Gasteiger partial charge in [-0.15, -0.1) is 10.2 Å². The lowest BCUT2D eigenvalue weighted by Gasteiger charge is -2.18. The molecule has 0 radical (unpaired) electrons. The molecule has 0 unspecified atom stereocenters. The quantitative estimate of drug-likeness (QED) is 0.432. The van der Waals surface area contributed by atoms with E-state index in [0.717, 1.165) is 22.4 Å². The van der Waals surface area contributed by atoms with Gasteiger partial charge in [0.25, 0.3) is 0 Å². The summed E-state index contributed by atoms with van der Waals surface area (Å²) in [5.74, 6) is 7.16. The normalized spacial score (nSPS) is 11.0. The van der Waals surface area contributed by atoms with E-state index in [0.29, 0.717) is 11.8 Å². The van der Waals surface area contributed by atoms with Crippen molar-refractivity contribution in [3.8, 4) is 34.7 Å². The first-order chi connectivity index (χ1) is 14.0. The van der Waals surface area contributed by atoms with Gasteiger partial charge in [-0.2, -0.15) is 0 Å². The van der Waals surface area contributed by atoms with E-state index in [9.17, 15) is 0 Å². The molecule has 142 valence electrons. The van der Waals surface area contributed by atoms with Gasteiger partial charge in [-0.3, -0.25) is 0 Å². The highest BCUT2D eigenvalue weighted by molar-refractivity contribution is 5.59. The zero-order chi connectivity index (χ0) is 20.3. The molecule has 29 heavy (non-hydrogen) atoms. The monoisotopic (exact) mass is 379 g/mol. The Morgan fingerprint density at radius 2 is 1.34 bits per heavy atom. The Bertz CT molecular complexity index is 1160. The molecule has 4 heteroatoms. The summed E-state index contributed by atoms with van der Waals surface area (Å²) in [7, 11) is 0. The Labute approximate surface area is 170 Å². The maximum absolute atomic E-state index is 5.88. The molecule has 0 atom stereocenters. The van der Waals surface area contributed by atoms with Crippen LogP contribution in [0, 0.1) is 11.8 Å². The highest BCUT2D eigenvalue weighted by Gasteiger charge is 2.15. The summed E-state index contributed by atoms with van der Waals surface area (Å²) in [5.41, 5.74) is 4.80. The summed E-state index contributed by atoms with van der Waals surface area (Å²) in [6.07, 6.45) is 1.73. The average Bonchev–Trinajstić information content (AvgIpc) is 3.23. The summed E-state index contributed by atoms with van der Waals surface area (Å²) >= 11 is 0. The maximum atomic E-state index is 5.88. The van der Waals surface area contributed by atoms with Gasteiger partial charge < -0.3 is 4.42 Å². The van der Waals surface area contributed by atoms with Crippen LogP contribution in [-0.2, 0) is 5.41 Å².